The SMILES string of the molecule is COC[C@@]12CN(C(=O)c3cnc(SC)nc3)C[C@@H]1C(C)(C)C2. The molecule has 0 bridgehead atoms. The third-order valence-electron chi connectivity index (χ3n) is 5.18. The van der Waals surface area contributed by atoms with Crippen molar-refractivity contribution >= 4 is 17.7 Å². The molecule has 22 heavy (non-hydrogen) atoms. The molecule has 1 saturated heterocycles. The lowest BCUT2D eigenvalue weighted by Crippen LogP contribution is -2.55. The Morgan fingerprint density at radius 2 is 2.14 bits per heavy atom. The molecule has 3 rings (SSSR count). The summed E-state index contributed by atoms with van der Waals surface area (Å²) < 4.78 is 5.44. The van der Waals surface area contributed by atoms with Crippen molar-refractivity contribution in [1.82, 2.24) is 14.9 Å². The number of amides is 1. The number of fused-ring (bicyclic) bond motifs is 1. The first kappa shape index (κ1) is 15.7. The van der Waals surface area contributed by atoms with Gasteiger partial charge in [0.25, 0.3) is 5.91 Å². The van der Waals surface area contributed by atoms with Gasteiger partial charge in [-0.2, -0.15) is 0 Å². The van der Waals surface area contributed by atoms with Gasteiger partial charge in [-0.25, -0.2) is 9.97 Å². The highest BCUT2D eigenvalue weighted by atomic mass is 32.2. The van der Waals surface area contributed by atoms with Gasteiger partial charge in [-0.3, -0.25) is 4.79 Å². The number of methoxy groups -OCH3 is 1. The Hall–Kier alpha value is -1.14. The Labute approximate surface area is 135 Å². The average Bonchev–Trinajstić information content (AvgIpc) is 2.82. The van der Waals surface area contributed by atoms with Crippen molar-refractivity contribution in [2.24, 2.45) is 16.7 Å². The highest BCUT2D eigenvalue weighted by molar-refractivity contribution is 7.98. The molecule has 1 amide bonds. The van der Waals surface area contributed by atoms with Crippen molar-refractivity contribution in [3.8, 4) is 0 Å². The Bertz CT molecular complexity index is 575. The van der Waals surface area contributed by atoms with Gasteiger partial charge in [-0.15, -0.1) is 0 Å². The number of thioether (sulfide) groups is 1. The second-order valence-corrected chi connectivity index (χ2v) is 7.93. The minimum atomic E-state index is 0.0355. The highest BCUT2D eigenvalue weighted by Crippen LogP contribution is 2.62. The molecule has 1 aliphatic heterocycles. The Morgan fingerprint density at radius 3 is 2.68 bits per heavy atom. The van der Waals surface area contributed by atoms with Crippen LogP contribution >= 0.6 is 11.8 Å². The Balaban J connectivity index is 1.77. The summed E-state index contributed by atoms with van der Waals surface area (Å²) >= 11 is 1.47. The average molecular weight is 321 g/mol. The van der Waals surface area contributed by atoms with E-state index in [-0.39, 0.29) is 16.7 Å². The molecule has 0 aromatic carbocycles. The minimum absolute atomic E-state index is 0.0355. The standard InChI is InChI=1S/C16H23N3O2S/c1-15(2)8-16(10-21-3)9-19(7-12(15)16)13(20)11-5-17-14(22-4)18-6-11/h5-6,12H,7-10H2,1-4H3/t12-,16-/m1/s1. The number of carbonyl (C=O) groups is 1. The van der Waals surface area contributed by atoms with Crippen molar-refractivity contribution in [1.29, 1.82) is 0 Å². The summed E-state index contributed by atoms with van der Waals surface area (Å²) in [6, 6.07) is 0. The molecular weight excluding hydrogens is 298 g/mol. The van der Waals surface area contributed by atoms with Crippen molar-refractivity contribution in [2.75, 3.05) is 33.1 Å². The summed E-state index contributed by atoms with van der Waals surface area (Å²) in [4.78, 5) is 23.1. The van der Waals surface area contributed by atoms with E-state index < -0.39 is 0 Å². The number of aromatic nitrogens is 2. The number of likely N-dealkylation sites (tertiary alicyclic amines) is 1. The van der Waals surface area contributed by atoms with Gasteiger partial charge in [0.15, 0.2) is 5.16 Å². The predicted octanol–water partition coefficient (Wildman–Crippen LogP) is 2.33. The molecule has 120 valence electrons. The van der Waals surface area contributed by atoms with Gasteiger partial charge in [0.05, 0.1) is 12.2 Å². The predicted molar refractivity (Wildman–Crippen MR) is 85.9 cm³/mol. The molecule has 1 saturated carbocycles. The maximum absolute atomic E-state index is 12.7. The fourth-order valence-electron chi connectivity index (χ4n) is 4.48. The molecule has 2 aliphatic rings. The number of nitrogens with zero attached hydrogens (tertiary/aromatic N) is 3. The van der Waals surface area contributed by atoms with Crippen LogP contribution in [0.3, 0.4) is 0 Å². The van der Waals surface area contributed by atoms with Crippen LogP contribution in [0.5, 0.6) is 0 Å². The largest absolute Gasteiger partial charge is 0.384 e. The van der Waals surface area contributed by atoms with Crippen LogP contribution in [-0.2, 0) is 4.74 Å². The molecule has 1 aliphatic carbocycles. The fourth-order valence-corrected chi connectivity index (χ4v) is 4.79. The van der Waals surface area contributed by atoms with Crippen molar-refractivity contribution in [3.63, 3.8) is 0 Å². The number of rotatable bonds is 4. The van der Waals surface area contributed by atoms with E-state index >= 15 is 0 Å². The molecule has 0 N–H and O–H groups in total. The van der Waals surface area contributed by atoms with Crippen LogP contribution in [0.25, 0.3) is 0 Å². The molecule has 1 aromatic heterocycles. The van der Waals surface area contributed by atoms with Crippen LogP contribution in [-0.4, -0.2) is 53.8 Å². The molecule has 0 radical (unpaired) electrons. The van der Waals surface area contributed by atoms with E-state index in [9.17, 15) is 4.79 Å². The summed E-state index contributed by atoms with van der Waals surface area (Å²) in [6.07, 6.45) is 6.31. The topological polar surface area (TPSA) is 55.3 Å². The zero-order valence-corrected chi connectivity index (χ0v) is 14.4. The third-order valence-corrected chi connectivity index (χ3v) is 5.75. The van der Waals surface area contributed by atoms with Gasteiger partial charge < -0.3 is 9.64 Å². The van der Waals surface area contributed by atoms with E-state index in [4.69, 9.17) is 4.74 Å². The van der Waals surface area contributed by atoms with Crippen molar-refractivity contribution in [2.45, 2.75) is 25.4 Å². The molecule has 1 aromatic rings. The first-order valence-corrected chi connectivity index (χ1v) is 8.79. The maximum atomic E-state index is 12.7. The van der Waals surface area contributed by atoms with Gasteiger partial charge in [0.2, 0.25) is 0 Å². The van der Waals surface area contributed by atoms with Gasteiger partial charge >= 0.3 is 0 Å². The third kappa shape index (κ3) is 2.42. The summed E-state index contributed by atoms with van der Waals surface area (Å²) in [6.45, 7) is 6.89. The fraction of sp³-hybridized carbons (Fsp3) is 0.688. The maximum Gasteiger partial charge on any atom is 0.257 e. The van der Waals surface area contributed by atoms with E-state index in [0.717, 1.165) is 26.1 Å². The molecule has 2 fully saturated rings. The first-order valence-electron chi connectivity index (χ1n) is 7.56. The lowest BCUT2D eigenvalue weighted by molar-refractivity contribution is -0.107. The quantitative estimate of drug-likeness (QED) is 0.629. The van der Waals surface area contributed by atoms with E-state index in [1.165, 1.54) is 11.8 Å². The second kappa shape index (κ2) is 5.49. The summed E-state index contributed by atoms with van der Waals surface area (Å²) in [5.41, 5.74) is 0.991. The number of hydrogen-bond donors (Lipinski definition) is 0. The first-order chi connectivity index (χ1) is 10.4. The molecular formula is C16H23N3O2S. The van der Waals surface area contributed by atoms with Crippen LogP contribution in [0.1, 0.15) is 30.6 Å². The smallest absolute Gasteiger partial charge is 0.257 e. The highest BCUT2D eigenvalue weighted by Gasteiger charge is 2.63. The van der Waals surface area contributed by atoms with Gasteiger partial charge in [0.1, 0.15) is 0 Å². The van der Waals surface area contributed by atoms with E-state index in [2.05, 4.69) is 23.8 Å². The molecule has 6 heteroatoms. The van der Waals surface area contributed by atoms with Crippen LogP contribution in [0.4, 0.5) is 0 Å². The summed E-state index contributed by atoms with van der Waals surface area (Å²) in [5.74, 6) is 0.545. The second-order valence-electron chi connectivity index (χ2n) is 7.16. The monoisotopic (exact) mass is 321 g/mol. The van der Waals surface area contributed by atoms with Crippen molar-refractivity contribution in [3.05, 3.63) is 18.0 Å². The lowest BCUT2D eigenvalue weighted by Gasteiger charge is -2.56. The van der Waals surface area contributed by atoms with Gasteiger partial charge in [-0.1, -0.05) is 25.6 Å². The van der Waals surface area contributed by atoms with Crippen molar-refractivity contribution < 1.29 is 9.53 Å². The zero-order chi connectivity index (χ0) is 16.0. The number of ether oxygens (including phenoxy) is 1. The normalized spacial score (nSPS) is 29.1. The zero-order valence-electron chi connectivity index (χ0n) is 13.6. The summed E-state index contributed by atoms with van der Waals surface area (Å²) in [7, 11) is 1.75. The Morgan fingerprint density at radius 1 is 1.45 bits per heavy atom. The van der Waals surface area contributed by atoms with E-state index in [1.54, 1.807) is 19.5 Å². The van der Waals surface area contributed by atoms with Crippen LogP contribution in [0, 0.1) is 16.7 Å². The molecule has 2 atom stereocenters. The molecule has 0 unspecified atom stereocenters. The van der Waals surface area contributed by atoms with Crippen LogP contribution < -0.4 is 0 Å². The van der Waals surface area contributed by atoms with Gasteiger partial charge in [0, 0.05) is 38.0 Å². The van der Waals surface area contributed by atoms with Gasteiger partial charge in [-0.05, 0) is 24.0 Å². The van der Waals surface area contributed by atoms with E-state index in [1.807, 2.05) is 11.2 Å². The van der Waals surface area contributed by atoms with Crippen LogP contribution in [0.15, 0.2) is 17.6 Å². The Kier molecular flexibility index (Phi) is 3.93. The van der Waals surface area contributed by atoms with E-state index in [0.29, 0.717) is 16.6 Å². The molecule has 0 spiro atoms. The number of hydrogen-bond acceptors (Lipinski definition) is 5. The van der Waals surface area contributed by atoms with Crippen LogP contribution in [0.2, 0.25) is 0 Å². The number of carbonyl (C=O) groups excluding carboxylic acids is 1. The minimum Gasteiger partial charge on any atom is -0.384 e. The lowest BCUT2D eigenvalue weighted by atomic mass is 9.48. The molecule has 2 heterocycles. The summed E-state index contributed by atoms with van der Waals surface area (Å²) in [5, 5.41) is 0.690. The molecule has 5 nitrogen and oxygen atoms in total.